The van der Waals surface area contributed by atoms with E-state index in [2.05, 4.69) is 5.32 Å². The maximum Gasteiger partial charge on any atom is 0.334 e. The number of carboxylic acids is 1. The third kappa shape index (κ3) is 4.60. The van der Waals surface area contributed by atoms with E-state index >= 15 is 0 Å². The molecule has 21 heavy (non-hydrogen) atoms. The van der Waals surface area contributed by atoms with Gasteiger partial charge in [-0.3, -0.25) is 10.1 Å². The molecule has 0 aliphatic heterocycles. The van der Waals surface area contributed by atoms with Gasteiger partial charge in [0, 0.05) is 7.11 Å². The van der Waals surface area contributed by atoms with Gasteiger partial charge in [-0.1, -0.05) is 13.0 Å². The van der Waals surface area contributed by atoms with Crippen molar-refractivity contribution in [3.8, 4) is 5.75 Å². The van der Waals surface area contributed by atoms with Crippen molar-refractivity contribution in [3.05, 3.63) is 28.3 Å². The Morgan fingerprint density at radius 3 is 2.76 bits per heavy atom. The number of benzene rings is 1. The van der Waals surface area contributed by atoms with Gasteiger partial charge in [0.05, 0.1) is 18.1 Å². The molecule has 0 amide bonds. The molecule has 0 bridgehead atoms. The van der Waals surface area contributed by atoms with E-state index in [1.165, 1.54) is 19.2 Å². The van der Waals surface area contributed by atoms with Crippen molar-refractivity contribution in [2.75, 3.05) is 25.6 Å². The van der Waals surface area contributed by atoms with Crippen LogP contribution in [0.4, 0.5) is 11.4 Å². The van der Waals surface area contributed by atoms with E-state index < -0.39 is 17.0 Å². The van der Waals surface area contributed by atoms with Crippen LogP contribution in [-0.2, 0) is 9.53 Å². The minimum absolute atomic E-state index is 0.0933. The Labute approximate surface area is 121 Å². The third-order valence-corrected chi connectivity index (χ3v) is 2.68. The first kappa shape index (κ1) is 16.7. The number of carboxylic acid groups (broad SMARTS) is 1. The molecule has 8 heteroatoms. The van der Waals surface area contributed by atoms with E-state index in [0.29, 0.717) is 6.61 Å². The average molecular weight is 298 g/mol. The molecule has 116 valence electrons. The highest BCUT2D eigenvalue weighted by atomic mass is 16.6. The standard InChI is InChI=1S/C13H18N2O6/c1-3-7-21-10-6-4-5-9(12(10)15(18)19)14-8-11(20-2)13(16)17/h4-6,11,14H,3,7-8H2,1-2H3,(H,16,17). The van der Waals surface area contributed by atoms with Crippen molar-refractivity contribution in [2.24, 2.45) is 0 Å². The predicted molar refractivity (Wildman–Crippen MR) is 75.8 cm³/mol. The lowest BCUT2D eigenvalue weighted by atomic mass is 10.2. The summed E-state index contributed by atoms with van der Waals surface area (Å²) in [7, 11) is 1.26. The summed E-state index contributed by atoms with van der Waals surface area (Å²) in [6, 6.07) is 4.60. The molecule has 0 spiro atoms. The second kappa shape index (κ2) is 8.05. The monoisotopic (exact) mass is 298 g/mol. The molecule has 1 atom stereocenters. The molecule has 0 saturated heterocycles. The summed E-state index contributed by atoms with van der Waals surface area (Å²) in [5.74, 6) is -0.998. The Morgan fingerprint density at radius 2 is 2.24 bits per heavy atom. The van der Waals surface area contributed by atoms with Crippen LogP contribution in [0.1, 0.15) is 13.3 Å². The summed E-state index contributed by atoms with van der Waals surface area (Å²) in [5.41, 5.74) is -0.0249. The van der Waals surface area contributed by atoms with Crippen molar-refractivity contribution in [1.82, 2.24) is 0 Å². The molecule has 1 aromatic rings. The molecule has 0 heterocycles. The molecule has 8 nitrogen and oxygen atoms in total. The minimum Gasteiger partial charge on any atom is -0.487 e. The van der Waals surface area contributed by atoms with Crippen LogP contribution >= 0.6 is 0 Å². The van der Waals surface area contributed by atoms with Gasteiger partial charge in [0.15, 0.2) is 11.9 Å². The SMILES string of the molecule is CCCOc1cccc(NCC(OC)C(=O)O)c1[N+](=O)[O-]. The fraction of sp³-hybridized carbons (Fsp3) is 0.462. The van der Waals surface area contributed by atoms with Crippen LogP contribution in [0.3, 0.4) is 0 Å². The molecule has 0 saturated carbocycles. The smallest absolute Gasteiger partial charge is 0.334 e. The minimum atomic E-state index is -1.15. The average Bonchev–Trinajstić information content (AvgIpc) is 2.45. The quantitative estimate of drug-likeness (QED) is 0.529. The van der Waals surface area contributed by atoms with Gasteiger partial charge in [0.2, 0.25) is 0 Å². The lowest BCUT2D eigenvalue weighted by Crippen LogP contribution is -2.30. The maximum absolute atomic E-state index is 11.2. The Morgan fingerprint density at radius 1 is 1.52 bits per heavy atom. The topological polar surface area (TPSA) is 111 Å². The molecule has 1 unspecified atom stereocenters. The summed E-state index contributed by atoms with van der Waals surface area (Å²) in [6.07, 6.45) is -0.371. The Bertz CT molecular complexity index is 505. The summed E-state index contributed by atoms with van der Waals surface area (Å²) in [4.78, 5) is 21.5. The number of hydrogen-bond acceptors (Lipinski definition) is 6. The van der Waals surface area contributed by atoms with Crippen LogP contribution in [0.5, 0.6) is 5.75 Å². The van der Waals surface area contributed by atoms with E-state index in [0.717, 1.165) is 6.42 Å². The predicted octanol–water partition coefficient (Wildman–Crippen LogP) is 1.90. The lowest BCUT2D eigenvalue weighted by Gasteiger charge is -2.14. The second-order valence-electron chi connectivity index (χ2n) is 4.20. The second-order valence-corrected chi connectivity index (χ2v) is 4.20. The normalized spacial score (nSPS) is 11.7. The van der Waals surface area contributed by atoms with Crippen molar-refractivity contribution in [3.63, 3.8) is 0 Å². The highest BCUT2D eigenvalue weighted by molar-refractivity contribution is 5.74. The molecular formula is C13H18N2O6. The third-order valence-electron chi connectivity index (χ3n) is 2.68. The zero-order valence-corrected chi connectivity index (χ0v) is 11.9. The van der Waals surface area contributed by atoms with E-state index in [4.69, 9.17) is 14.6 Å². The van der Waals surface area contributed by atoms with E-state index in [9.17, 15) is 14.9 Å². The Hall–Kier alpha value is -2.35. The van der Waals surface area contributed by atoms with Gasteiger partial charge >= 0.3 is 11.7 Å². The van der Waals surface area contributed by atoms with Crippen molar-refractivity contribution in [1.29, 1.82) is 0 Å². The van der Waals surface area contributed by atoms with Gasteiger partial charge in [-0.25, -0.2) is 4.79 Å². The van der Waals surface area contributed by atoms with Gasteiger partial charge in [-0.2, -0.15) is 0 Å². The number of carbonyl (C=O) groups is 1. The Balaban J connectivity index is 2.95. The number of aliphatic carboxylic acids is 1. The van der Waals surface area contributed by atoms with Crippen LogP contribution in [0.2, 0.25) is 0 Å². The number of ether oxygens (including phenoxy) is 2. The fourth-order valence-corrected chi connectivity index (χ4v) is 1.66. The molecule has 0 radical (unpaired) electrons. The summed E-state index contributed by atoms with van der Waals surface area (Å²) >= 11 is 0. The molecule has 0 aliphatic rings. The first-order chi connectivity index (χ1) is 10.0. The fourth-order valence-electron chi connectivity index (χ4n) is 1.66. The van der Waals surface area contributed by atoms with Gasteiger partial charge in [-0.05, 0) is 18.6 Å². The maximum atomic E-state index is 11.2. The number of nitro benzene ring substituents is 1. The lowest BCUT2D eigenvalue weighted by molar-refractivity contribution is -0.385. The van der Waals surface area contributed by atoms with Crippen LogP contribution in [0, 0.1) is 10.1 Å². The molecule has 0 fully saturated rings. The van der Waals surface area contributed by atoms with Crippen LogP contribution in [0.25, 0.3) is 0 Å². The van der Waals surface area contributed by atoms with Crippen molar-refractivity contribution in [2.45, 2.75) is 19.4 Å². The van der Waals surface area contributed by atoms with Gasteiger partial charge in [0.1, 0.15) is 5.69 Å². The highest BCUT2D eigenvalue weighted by Crippen LogP contribution is 2.34. The number of nitrogens with zero attached hydrogens (tertiary/aromatic N) is 1. The molecule has 0 aromatic heterocycles. The van der Waals surface area contributed by atoms with E-state index in [-0.39, 0.29) is 23.7 Å². The molecule has 0 aliphatic carbocycles. The van der Waals surface area contributed by atoms with Gasteiger partial charge in [-0.15, -0.1) is 0 Å². The number of hydrogen-bond donors (Lipinski definition) is 2. The van der Waals surface area contributed by atoms with Crippen LogP contribution in [-0.4, -0.2) is 42.4 Å². The van der Waals surface area contributed by atoms with Crippen molar-refractivity contribution < 1.29 is 24.3 Å². The molecule has 1 rings (SSSR count). The first-order valence-corrected chi connectivity index (χ1v) is 6.40. The Kier molecular flexibility index (Phi) is 6.41. The number of rotatable bonds is 9. The number of methoxy groups -OCH3 is 1. The molecular weight excluding hydrogens is 280 g/mol. The number of anilines is 1. The van der Waals surface area contributed by atoms with Gasteiger partial charge < -0.3 is 19.9 Å². The van der Waals surface area contributed by atoms with Gasteiger partial charge in [0.25, 0.3) is 0 Å². The number of nitro groups is 1. The van der Waals surface area contributed by atoms with Crippen LogP contribution in [0.15, 0.2) is 18.2 Å². The molecule has 2 N–H and O–H groups in total. The largest absolute Gasteiger partial charge is 0.487 e. The zero-order valence-electron chi connectivity index (χ0n) is 11.9. The summed E-state index contributed by atoms with van der Waals surface area (Å²) < 4.78 is 10.1. The van der Waals surface area contributed by atoms with Crippen LogP contribution < -0.4 is 10.1 Å². The first-order valence-electron chi connectivity index (χ1n) is 6.40. The zero-order chi connectivity index (χ0) is 15.8. The summed E-state index contributed by atoms with van der Waals surface area (Å²) in [6.45, 7) is 2.16. The van der Waals surface area contributed by atoms with E-state index in [1.54, 1.807) is 6.07 Å². The highest BCUT2D eigenvalue weighted by Gasteiger charge is 2.23. The van der Waals surface area contributed by atoms with E-state index in [1.807, 2.05) is 6.92 Å². The van der Waals surface area contributed by atoms with Crippen molar-refractivity contribution >= 4 is 17.3 Å². The number of para-hydroxylation sites is 1. The summed E-state index contributed by atoms with van der Waals surface area (Å²) in [5, 5.41) is 22.8. The molecule has 1 aromatic carbocycles. The number of nitrogens with one attached hydrogen (secondary N) is 1.